The number of ketones is 1. The number of halogens is 1. The lowest BCUT2D eigenvalue weighted by Gasteiger charge is -2.16. The number of carbonyl (C=O) groups is 1. The van der Waals surface area contributed by atoms with E-state index < -0.39 is 0 Å². The van der Waals surface area contributed by atoms with Gasteiger partial charge in [0.1, 0.15) is 12.4 Å². The molecule has 0 fully saturated rings. The molecular formula is C12H15BrO2. The molecule has 15 heavy (non-hydrogen) atoms. The van der Waals surface area contributed by atoms with Crippen molar-refractivity contribution in [3.05, 3.63) is 28.7 Å². The number of hydrogen-bond donors (Lipinski definition) is 0. The number of benzene rings is 1. The summed E-state index contributed by atoms with van der Waals surface area (Å²) in [7, 11) is 0. The van der Waals surface area contributed by atoms with Crippen molar-refractivity contribution < 1.29 is 9.53 Å². The van der Waals surface area contributed by atoms with Crippen LogP contribution in [0.3, 0.4) is 0 Å². The first-order valence-corrected chi connectivity index (χ1v) is 5.60. The summed E-state index contributed by atoms with van der Waals surface area (Å²) in [6.07, 6.45) is 0. The molecule has 0 amide bonds. The Labute approximate surface area is 98.8 Å². The number of hydrogen-bond acceptors (Lipinski definition) is 2. The van der Waals surface area contributed by atoms with E-state index in [-0.39, 0.29) is 17.8 Å². The van der Waals surface area contributed by atoms with Crippen LogP contribution in [0.5, 0.6) is 5.75 Å². The molecule has 1 aromatic rings. The largest absolute Gasteiger partial charge is 0.486 e. The molecular weight excluding hydrogens is 256 g/mol. The van der Waals surface area contributed by atoms with Crippen molar-refractivity contribution in [1.29, 1.82) is 0 Å². The van der Waals surface area contributed by atoms with Crippen LogP contribution in [0.4, 0.5) is 0 Å². The molecule has 0 aliphatic carbocycles. The highest BCUT2D eigenvalue weighted by molar-refractivity contribution is 9.10. The molecule has 2 nitrogen and oxygen atoms in total. The van der Waals surface area contributed by atoms with Gasteiger partial charge in [0, 0.05) is 9.89 Å². The second-order valence-electron chi connectivity index (χ2n) is 4.42. The van der Waals surface area contributed by atoms with Crippen LogP contribution in [0, 0.1) is 5.41 Å². The predicted octanol–water partition coefficient (Wildman–Crippen LogP) is 3.44. The molecule has 0 N–H and O–H groups in total. The van der Waals surface area contributed by atoms with Crippen molar-refractivity contribution in [2.45, 2.75) is 20.8 Å². The number of rotatable bonds is 3. The first kappa shape index (κ1) is 12.2. The van der Waals surface area contributed by atoms with Gasteiger partial charge in [0.15, 0.2) is 5.78 Å². The van der Waals surface area contributed by atoms with Crippen LogP contribution >= 0.6 is 15.9 Å². The summed E-state index contributed by atoms with van der Waals surface area (Å²) < 4.78 is 6.38. The summed E-state index contributed by atoms with van der Waals surface area (Å²) in [5.41, 5.74) is -0.338. The maximum Gasteiger partial charge on any atom is 0.175 e. The van der Waals surface area contributed by atoms with Crippen molar-refractivity contribution >= 4 is 21.7 Å². The summed E-state index contributed by atoms with van der Waals surface area (Å²) in [4.78, 5) is 11.6. The summed E-state index contributed by atoms with van der Waals surface area (Å²) in [5, 5.41) is 0. The SMILES string of the molecule is CC(C)(C)C(=O)COc1ccc(Br)cc1. The van der Waals surface area contributed by atoms with Gasteiger partial charge in [-0.05, 0) is 24.3 Å². The van der Waals surface area contributed by atoms with Crippen molar-refractivity contribution in [2.75, 3.05) is 6.61 Å². The zero-order valence-electron chi connectivity index (χ0n) is 9.21. The van der Waals surface area contributed by atoms with Crippen molar-refractivity contribution in [1.82, 2.24) is 0 Å². The van der Waals surface area contributed by atoms with E-state index in [2.05, 4.69) is 15.9 Å². The molecule has 0 saturated carbocycles. The highest BCUT2D eigenvalue weighted by Crippen LogP contribution is 2.18. The van der Waals surface area contributed by atoms with E-state index in [0.29, 0.717) is 0 Å². The fraction of sp³-hybridized carbons (Fsp3) is 0.417. The maximum absolute atomic E-state index is 11.6. The van der Waals surface area contributed by atoms with Crippen molar-refractivity contribution in [3.63, 3.8) is 0 Å². The molecule has 1 aromatic carbocycles. The summed E-state index contributed by atoms with van der Waals surface area (Å²) in [6.45, 7) is 5.80. The Morgan fingerprint density at radius 1 is 1.27 bits per heavy atom. The average Bonchev–Trinajstić information content (AvgIpc) is 2.15. The molecule has 0 atom stereocenters. The molecule has 0 unspecified atom stereocenters. The Bertz CT molecular complexity index is 336. The quantitative estimate of drug-likeness (QED) is 0.841. The van der Waals surface area contributed by atoms with Gasteiger partial charge >= 0.3 is 0 Å². The molecule has 3 heteroatoms. The average molecular weight is 271 g/mol. The van der Waals surface area contributed by atoms with E-state index in [4.69, 9.17) is 4.74 Å². The minimum atomic E-state index is -0.338. The molecule has 0 aliphatic rings. The van der Waals surface area contributed by atoms with Gasteiger partial charge in [0.05, 0.1) is 0 Å². The third-order valence-electron chi connectivity index (χ3n) is 2.02. The summed E-state index contributed by atoms with van der Waals surface area (Å²) in [5.74, 6) is 0.821. The number of ether oxygens (including phenoxy) is 1. The van der Waals surface area contributed by atoms with Gasteiger partial charge in [-0.2, -0.15) is 0 Å². The van der Waals surface area contributed by atoms with E-state index >= 15 is 0 Å². The first-order valence-electron chi connectivity index (χ1n) is 4.81. The monoisotopic (exact) mass is 270 g/mol. The summed E-state index contributed by atoms with van der Waals surface area (Å²) >= 11 is 3.33. The predicted molar refractivity (Wildman–Crippen MR) is 64.1 cm³/mol. The van der Waals surface area contributed by atoms with Gasteiger partial charge in [-0.25, -0.2) is 0 Å². The normalized spacial score (nSPS) is 11.2. The van der Waals surface area contributed by atoms with Gasteiger partial charge in [-0.3, -0.25) is 4.79 Å². The van der Waals surface area contributed by atoms with Gasteiger partial charge in [0.2, 0.25) is 0 Å². The fourth-order valence-electron chi connectivity index (χ4n) is 0.896. The summed E-state index contributed by atoms with van der Waals surface area (Å²) in [6, 6.07) is 7.44. The molecule has 0 heterocycles. The Hall–Kier alpha value is -0.830. The van der Waals surface area contributed by atoms with Gasteiger partial charge in [0.25, 0.3) is 0 Å². The highest BCUT2D eigenvalue weighted by atomic mass is 79.9. The second kappa shape index (κ2) is 4.79. The zero-order chi connectivity index (χ0) is 11.5. The second-order valence-corrected chi connectivity index (χ2v) is 5.33. The Morgan fingerprint density at radius 2 is 1.80 bits per heavy atom. The van der Waals surface area contributed by atoms with Gasteiger partial charge < -0.3 is 4.74 Å². The molecule has 0 bridgehead atoms. The molecule has 0 saturated heterocycles. The van der Waals surface area contributed by atoms with Crippen LogP contribution in [0.25, 0.3) is 0 Å². The number of Topliss-reactive ketones (excluding diaryl/α,β-unsaturated/α-hetero) is 1. The third-order valence-corrected chi connectivity index (χ3v) is 2.55. The molecule has 0 aromatic heterocycles. The van der Waals surface area contributed by atoms with Crippen LogP contribution in [0.15, 0.2) is 28.7 Å². The lowest BCUT2D eigenvalue weighted by Crippen LogP contribution is -2.26. The van der Waals surface area contributed by atoms with E-state index in [1.165, 1.54) is 0 Å². The Balaban J connectivity index is 2.51. The third kappa shape index (κ3) is 4.04. The molecule has 1 rings (SSSR count). The lowest BCUT2D eigenvalue weighted by molar-refractivity contribution is -0.128. The minimum absolute atomic E-state index is 0.102. The van der Waals surface area contributed by atoms with E-state index in [0.717, 1.165) is 10.2 Å². The van der Waals surface area contributed by atoms with Crippen LogP contribution in [-0.2, 0) is 4.79 Å². The van der Waals surface area contributed by atoms with Gasteiger partial charge in [-0.15, -0.1) is 0 Å². The first-order chi connectivity index (χ1) is 6.89. The minimum Gasteiger partial charge on any atom is -0.486 e. The lowest BCUT2D eigenvalue weighted by atomic mass is 9.91. The van der Waals surface area contributed by atoms with Crippen LogP contribution in [0.2, 0.25) is 0 Å². The molecule has 0 radical (unpaired) electrons. The smallest absolute Gasteiger partial charge is 0.175 e. The topological polar surface area (TPSA) is 26.3 Å². The van der Waals surface area contributed by atoms with Crippen molar-refractivity contribution in [3.8, 4) is 5.75 Å². The standard InChI is InChI=1S/C12H15BrO2/c1-12(2,3)11(14)8-15-10-6-4-9(13)5-7-10/h4-7H,8H2,1-3H3. The van der Waals surface area contributed by atoms with E-state index in [1.54, 1.807) is 0 Å². The van der Waals surface area contributed by atoms with E-state index in [1.807, 2.05) is 45.0 Å². The molecule has 0 spiro atoms. The maximum atomic E-state index is 11.6. The molecule has 82 valence electrons. The highest BCUT2D eigenvalue weighted by Gasteiger charge is 2.21. The van der Waals surface area contributed by atoms with Crippen LogP contribution < -0.4 is 4.74 Å². The molecule has 0 aliphatic heterocycles. The Kier molecular flexibility index (Phi) is 3.91. The van der Waals surface area contributed by atoms with Gasteiger partial charge in [-0.1, -0.05) is 36.7 Å². The fourth-order valence-corrected chi connectivity index (χ4v) is 1.16. The van der Waals surface area contributed by atoms with Crippen LogP contribution in [0.1, 0.15) is 20.8 Å². The Morgan fingerprint density at radius 3 is 2.27 bits per heavy atom. The van der Waals surface area contributed by atoms with Crippen molar-refractivity contribution in [2.24, 2.45) is 5.41 Å². The number of carbonyl (C=O) groups excluding carboxylic acids is 1. The van der Waals surface area contributed by atoms with E-state index in [9.17, 15) is 4.79 Å². The zero-order valence-corrected chi connectivity index (χ0v) is 10.8. The van der Waals surface area contributed by atoms with Crippen LogP contribution in [-0.4, -0.2) is 12.4 Å².